The van der Waals surface area contributed by atoms with Crippen molar-refractivity contribution in [3.8, 4) is 0 Å². The quantitative estimate of drug-likeness (QED) is 0.359. The van der Waals surface area contributed by atoms with E-state index in [1.807, 2.05) is 0 Å². The Morgan fingerprint density at radius 2 is 1.71 bits per heavy atom. The van der Waals surface area contributed by atoms with Gasteiger partial charge in [-0.15, -0.1) is 0 Å². The van der Waals surface area contributed by atoms with Crippen LogP contribution in [0.3, 0.4) is 0 Å². The van der Waals surface area contributed by atoms with Crippen LogP contribution in [-0.2, 0) is 19.1 Å². The minimum absolute atomic E-state index is 0.0139. The number of hydrogen-bond donors (Lipinski definition) is 3. The van der Waals surface area contributed by atoms with Gasteiger partial charge in [0.25, 0.3) is 0 Å². The molecule has 0 radical (unpaired) electrons. The van der Waals surface area contributed by atoms with Gasteiger partial charge in [0, 0.05) is 0 Å². The van der Waals surface area contributed by atoms with Crippen molar-refractivity contribution in [3.63, 3.8) is 0 Å². The zero-order chi connectivity index (χ0) is 11.1. The Morgan fingerprint density at radius 1 is 1.29 bits per heavy atom. The fraction of sp³-hybridized carbons (Fsp3) is 0.571. The van der Waals surface area contributed by atoms with Crippen LogP contribution in [0, 0.1) is 0 Å². The Labute approximate surface area is 79.7 Å². The number of aliphatic carboxylic acids is 2. The molecule has 0 aromatic rings. The van der Waals surface area contributed by atoms with E-state index < -0.39 is 11.9 Å². The average Bonchev–Trinajstić information content (AvgIpc) is 2.02. The van der Waals surface area contributed by atoms with Crippen LogP contribution in [-0.4, -0.2) is 47.8 Å². The number of methoxy groups -OCH3 is 1. The van der Waals surface area contributed by atoms with Crippen molar-refractivity contribution in [2.24, 2.45) is 0 Å². The lowest BCUT2D eigenvalue weighted by Gasteiger charge is -2.24. The van der Waals surface area contributed by atoms with Crippen LogP contribution < -0.4 is 5.32 Å². The third kappa shape index (κ3) is 4.41. The van der Waals surface area contributed by atoms with Crippen molar-refractivity contribution in [2.75, 3.05) is 13.7 Å². The molecule has 14 heavy (non-hydrogen) atoms. The minimum Gasteiger partial charge on any atom is -0.473 e. The van der Waals surface area contributed by atoms with Gasteiger partial charge in [-0.1, -0.05) is 0 Å². The number of nitrogens with one attached hydrogen (secondary N) is 1. The Bertz CT molecular complexity index is 222. The SMILES string of the molecule is COC(=O)C1CCN1.O=C(O)C(=O)O. The van der Waals surface area contributed by atoms with Crippen molar-refractivity contribution in [1.82, 2.24) is 5.32 Å². The summed E-state index contributed by atoms with van der Waals surface area (Å²) < 4.78 is 4.45. The van der Waals surface area contributed by atoms with Crippen LogP contribution in [0.15, 0.2) is 0 Å². The van der Waals surface area contributed by atoms with E-state index in [-0.39, 0.29) is 12.0 Å². The molecule has 1 heterocycles. The predicted molar refractivity (Wildman–Crippen MR) is 43.7 cm³/mol. The third-order valence-corrected chi connectivity index (χ3v) is 1.49. The number of esters is 1. The van der Waals surface area contributed by atoms with E-state index in [4.69, 9.17) is 19.8 Å². The minimum atomic E-state index is -1.82. The van der Waals surface area contributed by atoms with Crippen LogP contribution in [0.2, 0.25) is 0 Å². The fourth-order valence-corrected chi connectivity index (χ4v) is 0.632. The molecule has 7 nitrogen and oxygen atoms in total. The highest BCUT2D eigenvalue weighted by Gasteiger charge is 2.24. The number of rotatable bonds is 1. The van der Waals surface area contributed by atoms with E-state index in [2.05, 4.69) is 10.1 Å². The Morgan fingerprint density at radius 3 is 1.79 bits per heavy atom. The highest BCUT2D eigenvalue weighted by Crippen LogP contribution is 2.01. The van der Waals surface area contributed by atoms with Crippen molar-refractivity contribution >= 4 is 17.9 Å². The first-order valence-electron chi connectivity index (χ1n) is 3.76. The number of carboxylic acids is 2. The van der Waals surface area contributed by atoms with E-state index in [0.717, 1.165) is 13.0 Å². The maximum atomic E-state index is 10.5. The summed E-state index contributed by atoms with van der Waals surface area (Å²) in [5.74, 6) is -3.79. The molecule has 7 heteroatoms. The van der Waals surface area contributed by atoms with Gasteiger partial charge < -0.3 is 20.3 Å². The summed E-state index contributed by atoms with van der Waals surface area (Å²) in [6.45, 7) is 0.944. The molecule has 0 bridgehead atoms. The van der Waals surface area contributed by atoms with E-state index in [1.54, 1.807) is 0 Å². The van der Waals surface area contributed by atoms with Gasteiger partial charge in [0.1, 0.15) is 6.04 Å². The zero-order valence-corrected chi connectivity index (χ0v) is 7.52. The molecule has 1 aliphatic rings. The van der Waals surface area contributed by atoms with Gasteiger partial charge in [-0.2, -0.15) is 0 Å². The number of ether oxygens (including phenoxy) is 1. The van der Waals surface area contributed by atoms with Gasteiger partial charge in [0.15, 0.2) is 0 Å². The van der Waals surface area contributed by atoms with Gasteiger partial charge in [-0.05, 0) is 13.0 Å². The van der Waals surface area contributed by atoms with Crippen LogP contribution in [0.1, 0.15) is 6.42 Å². The van der Waals surface area contributed by atoms with Crippen LogP contribution in [0.25, 0.3) is 0 Å². The molecule has 0 aromatic carbocycles. The average molecular weight is 205 g/mol. The zero-order valence-electron chi connectivity index (χ0n) is 7.52. The molecule has 1 rings (SSSR count). The number of carboxylic acid groups (broad SMARTS) is 2. The Balaban J connectivity index is 0.000000255. The molecule has 1 saturated heterocycles. The summed E-state index contributed by atoms with van der Waals surface area (Å²) in [7, 11) is 1.41. The maximum Gasteiger partial charge on any atom is 0.414 e. The molecule has 3 N–H and O–H groups in total. The van der Waals surface area contributed by atoms with Gasteiger partial charge in [0.05, 0.1) is 7.11 Å². The molecule has 0 aliphatic carbocycles. The lowest BCUT2D eigenvalue weighted by Crippen LogP contribution is -2.48. The normalized spacial score (nSPS) is 18.2. The molecule has 1 unspecified atom stereocenters. The smallest absolute Gasteiger partial charge is 0.414 e. The topological polar surface area (TPSA) is 113 Å². The van der Waals surface area contributed by atoms with E-state index in [1.165, 1.54) is 7.11 Å². The van der Waals surface area contributed by atoms with Gasteiger partial charge >= 0.3 is 17.9 Å². The van der Waals surface area contributed by atoms with Crippen molar-refractivity contribution < 1.29 is 29.3 Å². The highest BCUT2D eigenvalue weighted by molar-refractivity contribution is 6.27. The number of carbonyl (C=O) groups is 3. The first kappa shape index (κ1) is 12.4. The van der Waals surface area contributed by atoms with Gasteiger partial charge in [-0.25, -0.2) is 9.59 Å². The van der Waals surface area contributed by atoms with Gasteiger partial charge in [0.2, 0.25) is 0 Å². The summed E-state index contributed by atoms with van der Waals surface area (Å²) >= 11 is 0. The Hall–Kier alpha value is -1.63. The lowest BCUT2D eigenvalue weighted by atomic mass is 10.1. The van der Waals surface area contributed by atoms with Crippen LogP contribution in [0.5, 0.6) is 0 Å². The van der Waals surface area contributed by atoms with Gasteiger partial charge in [-0.3, -0.25) is 4.79 Å². The largest absolute Gasteiger partial charge is 0.473 e. The standard InChI is InChI=1S/C5H9NO2.C2H2O4/c1-8-5(7)4-2-3-6-4;3-1(4)2(5)6/h4,6H,2-3H2,1H3;(H,3,4)(H,5,6). The second-order valence-electron chi connectivity index (χ2n) is 2.43. The first-order chi connectivity index (χ1) is 6.49. The van der Waals surface area contributed by atoms with E-state index in [0.29, 0.717) is 0 Å². The fourth-order valence-electron chi connectivity index (χ4n) is 0.632. The molecule has 0 aromatic heterocycles. The van der Waals surface area contributed by atoms with Crippen molar-refractivity contribution in [3.05, 3.63) is 0 Å². The van der Waals surface area contributed by atoms with Crippen LogP contribution in [0.4, 0.5) is 0 Å². The molecule has 1 atom stereocenters. The summed E-state index contributed by atoms with van der Waals surface area (Å²) in [4.78, 5) is 28.7. The summed E-state index contributed by atoms with van der Waals surface area (Å²) in [6, 6.07) is -0.0139. The Kier molecular flexibility index (Phi) is 5.23. The van der Waals surface area contributed by atoms with E-state index >= 15 is 0 Å². The molecule has 0 amide bonds. The number of hydrogen-bond acceptors (Lipinski definition) is 5. The van der Waals surface area contributed by atoms with E-state index in [9.17, 15) is 4.79 Å². The third-order valence-electron chi connectivity index (χ3n) is 1.49. The highest BCUT2D eigenvalue weighted by atomic mass is 16.5. The summed E-state index contributed by atoms with van der Waals surface area (Å²) in [5, 5.41) is 17.7. The predicted octanol–water partition coefficient (Wildman–Crippen LogP) is -1.32. The second kappa shape index (κ2) is 5.92. The molecule has 1 aliphatic heterocycles. The lowest BCUT2D eigenvalue weighted by molar-refractivity contribution is -0.159. The molecule has 80 valence electrons. The maximum absolute atomic E-state index is 10.5. The molecule has 1 fully saturated rings. The van der Waals surface area contributed by atoms with Crippen LogP contribution >= 0.6 is 0 Å². The molecule has 0 spiro atoms. The monoisotopic (exact) mass is 205 g/mol. The molecular formula is C7H11NO6. The summed E-state index contributed by atoms with van der Waals surface area (Å²) in [5.41, 5.74) is 0. The van der Waals surface area contributed by atoms with Crippen molar-refractivity contribution in [2.45, 2.75) is 12.5 Å². The number of carbonyl (C=O) groups excluding carboxylic acids is 1. The molecule has 0 saturated carbocycles. The first-order valence-corrected chi connectivity index (χ1v) is 3.76. The van der Waals surface area contributed by atoms with Crippen molar-refractivity contribution in [1.29, 1.82) is 0 Å². The second-order valence-corrected chi connectivity index (χ2v) is 2.43. The molecular weight excluding hydrogens is 194 g/mol. The summed E-state index contributed by atoms with van der Waals surface area (Å²) in [6.07, 6.45) is 0.923.